The van der Waals surface area contributed by atoms with E-state index in [9.17, 15) is 13.2 Å². The number of hydrogen-bond acceptors (Lipinski definition) is 3. The van der Waals surface area contributed by atoms with E-state index in [2.05, 4.69) is 14.8 Å². The standard InChI is InChI=1S/C7H5BrO4S/c8-13(11,12)6-4-2-1-3-5(6)7(9)10/h1-4H,(H,9,10). The summed E-state index contributed by atoms with van der Waals surface area (Å²) in [6.07, 6.45) is 0. The first kappa shape index (κ1) is 10.2. The largest absolute Gasteiger partial charge is 0.478 e. The molecule has 70 valence electrons. The number of rotatable bonds is 2. The predicted molar refractivity (Wildman–Crippen MR) is 49.5 cm³/mol. The number of halogens is 1. The van der Waals surface area contributed by atoms with Crippen molar-refractivity contribution in [3.63, 3.8) is 0 Å². The van der Waals surface area contributed by atoms with Gasteiger partial charge in [-0.3, -0.25) is 0 Å². The smallest absolute Gasteiger partial charge is 0.337 e. The van der Waals surface area contributed by atoms with Crippen molar-refractivity contribution < 1.29 is 18.3 Å². The summed E-state index contributed by atoms with van der Waals surface area (Å²) in [6, 6.07) is 5.38. The maximum absolute atomic E-state index is 11.0. The van der Waals surface area contributed by atoms with Gasteiger partial charge in [-0.15, -0.1) is 0 Å². The molecule has 4 nitrogen and oxygen atoms in total. The first-order chi connectivity index (χ1) is 5.93. The third-order valence-electron chi connectivity index (χ3n) is 1.38. The van der Waals surface area contributed by atoms with E-state index in [1.165, 1.54) is 24.3 Å². The zero-order chi connectivity index (χ0) is 10.1. The maximum atomic E-state index is 11.0. The molecule has 1 aromatic carbocycles. The Kier molecular flexibility index (Phi) is 2.72. The van der Waals surface area contributed by atoms with Gasteiger partial charge in [-0.1, -0.05) is 12.1 Å². The number of benzene rings is 1. The Balaban J connectivity index is 3.46. The highest BCUT2D eigenvalue weighted by Gasteiger charge is 2.18. The van der Waals surface area contributed by atoms with E-state index in [0.29, 0.717) is 0 Å². The summed E-state index contributed by atoms with van der Waals surface area (Å²) < 4.78 is 22.0. The topological polar surface area (TPSA) is 71.4 Å². The Labute approximate surface area is 82.3 Å². The summed E-state index contributed by atoms with van der Waals surface area (Å²) in [5, 5.41) is 8.64. The quantitative estimate of drug-likeness (QED) is 0.822. The van der Waals surface area contributed by atoms with Crippen molar-refractivity contribution in [3.8, 4) is 0 Å². The number of carboxylic acid groups (broad SMARTS) is 1. The summed E-state index contributed by atoms with van der Waals surface area (Å²) in [5.74, 6) is -1.27. The lowest BCUT2D eigenvalue weighted by Crippen LogP contribution is -2.03. The average Bonchev–Trinajstić information content (AvgIpc) is 2.03. The third-order valence-corrected chi connectivity index (χ3v) is 3.31. The lowest BCUT2D eigenvalue weighted by Gasteiger charge is -2.00. The van der Waals surface area contributed by atoms with Crippen LogP contribution in [0.5, 0.6) is 0 Å². The van der Waals surface area contributed by atoms with Crippen LogP contribution in [0.15, 0.2) is 29.2 Å². The van der Waals surface area contributed by atoms with Gasteiger partial charge >= 0.3 is 5.97 Å². The Hall–Kier alpha value is -0.880. The minimum atomic E-state index is -3.65. The van der Waals surface area contributed by atoms with Crippen LogP contribution in [-0.4, -0.2) is 19.5 Å². The maximum Gasteiger partial charge on any atom is 0.337 e. The van der Waals surface area contributed by atoms with Gasteiger partial charge in [0.2, 0.25) is 8.27 Å². The van der Waals surface area contributed by atoms with Gasteiger partial charge in [-0.25, -0.2) is 13.2 Å². The molecule has 0 aliphatic heterocycles. The fourth-order valence-corrected chi connectivity index (χ4v) is 2.36. The van der Waals surface area contributed by atoms with Crippen molar-refractivity contribution in [2.45, 2.75) is 4.90 Å². The first-order valence-corrected chi connectivity index (χ1v) is 6.52. The van der Waals surface area contributed by atoms with Gasteiger partial charge < -0.3 is 5.11 Å². The van der Waals surface area contributed by atoms with Crippen LogP contribution in [0.1, 0.15) is 10.4 Å². The molecular formula is C7H5BrO4S. The fourth-order valence-electron chi connectivity index (χ4n) is 0.856. The highest BCUT2D eigenvalue weighted by molar-refractivity contribution is 9.47. The molecule has 0 heterocycles. The molecule has 1 aromatic rings. The Bertz CT molecular complexity index is 438. The third kappa shape index (κ3) is 2.28. The Morgan fingerprint density at radius 1 is 1.31 bits per heavy atom. The van der Waals surface area contributed by atoms with Crippen LogP contribution in [0.3, 0.4) is 0 Å². The minimum Gasteiger partial charge on any atom is -0.478 e. The van der Waals surface area contributed by atoms with E-state index in [0.717, 1.165) is 0 Å². The second-order valence-electron chi connectivity index (χ2n) is 2.24. The van der Waals surface area contributed by atoms with Gasteiger partial charge in [0.1, 0.15) is 0 Å². The summed E-state index contributed by atoms with van der Waals surface area (Å²) in [6.45, 7) is 0. The minimum absolute atomic E-state index is 0.234. The number of hydrogen-bond donors (Lipinski definition) is 1. The molecule has 0 aliphatic carbocycles. The van der Waals surface area contributed by atoms with Gasteiger partial charge in [0, 0.05) is 0 Å². The van der Waals surface area contributed by atoms with Gasteiger partial charge in [-0.05, 0) is 12.1 Å². The van der Waals surface area contributed by atoms with Gasteiger partial charge in [0.25, 0.3) is 0 Å². The molecule has 0 spiro atoms. The number of carboxylic acids is 1. The summed E-state index contributed by atoms with van der Waals surface area (Å²) in [7, 11) is -3.65. The molecule has 0 aliphatic rings. The molecule has 0 amide bonds. The Morgan fingerprint density at radius 3 is 2.23 bits per heavy atom. The molecule has 0 fully saturated rings. The van der Waals surface area contributed by atoms with Crippen molar-refractivity contribution in [2.75, 3.05) is 0 Å². The molecule has 0 bridgehead atoms. The lowest BCUT2D eigenvalue weighted by atomic mass is 10.2. The van der Waals surface area contributed by atoms with Crippen molar-refractivity contribution in [3.05, 3.63) is 29.8 Å². The molecule has 0 saturated carbocycles. The molecule has 6 heteroatoms. The van der Waals surface area contributed by atoms with Crippen LogP contribution < -0.4 is 0 Å². The summed E-state index contributed by atoms with van der Waals surface area (Å²) >= 11 is 2.41. The van der Waals surface area contributed by atoms with E-state index in [1.807, 2.05) is 0 Å². The van der Waals surface area contributed by atoms with Crippen LogP contribution in [-0.2, 0) is 8.27 Å². The molecule has 1 rings (SSSR count). The van der Waals surface area contributed by atoms with Crippen molar-refractivity contribution in [1.29, 1.82) is 0 Å². The van der Waals surface area contributed by atoms with Gasteiger partial charge in [0.05, 0.1) is 25.3 Å². The van der Waals surface area contributed by atoms with Crippen LogP contribution in [0.25, 0.3) is 0 Å². The zero-order valence-corrected chi connectivity index (χ0v) is 8.67. The fraction of sp³-hybridized carbons (Fsp3) is 0. The number of aromatic carboxylic acids is 1. The molecule has 0 aromatic heterocycles. The molecule has 0 radical (unpaired) electrons. The van der Waals surface area contributed by atoms with Crippen molar-refractivity contribution >= 4 is 29.1 Å². The predicted octanol–water partition coefficient (Wildman–Crippen LogP) is 1.47. The second kappa shape index (κ2) is 3.47. The number of carbonyl (C=O) groups is 1. The molecule has 13 heavy (non-hydrogen) atoms. The van der Waals surface area contributed by atoms with E-state index in [4.69, 9.17) is 5.11 Å². The van der Waals surface area contributed by atoms with Crippen molar-refractivity contribution in [1.82, 2.24) is 0 Å². The van der Waals surface area contributed by atoms with Crippen LogP contribution in [0.4, 0.5) is 0 Å². The van der Waals surface area contributed by atoms with E-state index in [-0.39, 0.29) is 10.5 Å². The van der Waals surface area contributed by atoms with Crippen LogP contribution >= 0.6 is 14.8 Å². The first-order valence-electron chi connectivity index (χ1n) is 3.20. The summed E-state index contributed by atoms with van der Waals surface area (Å²) in [5.41, 5.74) is -0.237. The lowest BCUT2D eigenvalue weighted by molar-refractivity contribution is 0.0693. The summed E-state index contributed by atoms with van der Waals surface area (Å²) in [4.78, 5) is 10.3. The van der Waals surface area contributed by atoms with Crippen molar-refractivity contribution in [2.24, 2.45) is 0 Å². The zero-order valence-electron chi connectivity index (χ0n) is 6.27. The van der Waals surface area contributed by atoms with Gasteiger partial charge in [-0.2, -0.15) is 0 Å². The van der Waals surface area contributed by atoms with E-state index < -0.39 is 14.2 Å². The Morgan fingerprint density at radius 2 is 1.85 bits per heavy atom. The normalized spacial score (nSPS) is 11.2. The molecular weight excluding hydrogens is 260 g/mol. The van der Waals surface area contributed by atoms with Crippen LogP contribution in [0.2, 0.25) is 0 Å². The highest BCUT2D eigenvalue weighted by Crippen LogP contribution is 2.20. The average molecular weight is 265 g/mol. The molecule has 1 N–H and O–H groups in total. The molecule has 0 saturated heterocycles. The van der Waals surface area contributed by atoms with Crippen LogP contribution in [0, 0.1) is 0 Å². The van der Waals surface area contributed by atoms with E-state index >= 15 is 0 Å². The highest BCUT2D eigenvalue weighted by atomic mass is 79.9. The van der Waals surface area contributed by atoms with Gasteiger partial charge in [0.15, 0.2) is 0 Å². The van der Waals surface area contributed by atoms with E-state index in [1.54, 1.807) is 0 Å². The SMILES string of the molecule is O=C(O)c1ccccc1S(=O)(=O)Br. The second-order valence-corrected chi connectivity index (χ2v) is 6.11. The molecule has 0 atom stereocenters. The molecule has 0 unspecified atom stereocenters. The monoisotopic (exact) mass is 264 g/mol.